The maximum absolute atomic E-state index is 12.7. The van der Waals surface area contributed by atoms with E-state index >= 15 is 0 Å². The molecular weight excluding hydrogens is 352 g/mol. The molecule has 1 saturated heterocycles. The van der Waals surface area contributed by atoms with E-state index in [0.29, 0.717) is 27.9 Å². The van der Waals surface area contributed by atoms with Gasteiger partial charge in [-0.15, -0.1) is 6.58 Å². The number of hydrogen-bond acceptors (Lipinski definition) is 6. The highest BCUT2D eigenvalue weighted by atomic mass is 32.2. The van der Waals surface area contributed by atoms with Gasteiger partial charge in [-0.25, -0.2) is 4.99 Å². The molecule has 132 valence electrons. The molecule has 2 aromatic carbocycles. The Hall–Kier alpha value is -3.19. The third-order valence-corrected chi connectivity index (χ3v) is 4.56. The number of phenols is 3. The van der Waals surface area contributed by atoms with E-state index in [2.05, 4.69) is 11.6 Å². The molecule has 0 unspecified atom stereocenters. The van der Waals surface area contributed by atoms with E-state index in [4.69, 9.17) is 0 Å². The highest BCUT2D eigenvalue weighted by molar-refractivity contribution is 8.18. The van der Waals surface area contributed by atoms with Gasteiger partial charge in [0.2, 0.25) is 0 Å². The number of amidine groups is 1. The second kappa shape index (κ2) is 7.37. The number of carbonyl (C=O) groups is 1. The Morgan fingerprint density at radius 2 is 1.92 bits per heavy atom. The normalized spacial score (nSPS) is 17.2. The van der Waals surface area contributed by atoms with E-state index in [-0.39, 0.29) is 23.2 Å². The first-order valence-electron chi connectivity index (χ1n) is 7.70. The SMILES string of the molecule is C=CCN1C(=O)/C(=C/c2ccc(O)c(O)c2)SC1=Nc1cccc(O)c1. The smallest absolute Gasteiger partial charge is 0.267 e. The number of aliphatic imine (C=N–C) groups is 1. The first-order valence-corrected chi connectivity index (χ1v) is 8.51. The molecule has 3 rings (SSSR count). The fourth-order valence-corrected chi connectivity index (χ4v) is 3.34. The van der Waals surface area contributed by atoms with Crippen LogP contribution in [0, 0.1) is 0 Å². The highest BCUT2D eigenvalue weighted by Gasteiger charge is 2.32. The van der Waals surface area contributed by atoms with Gasteiger partial charge in [0.05, 0.1) is 10.6 Å². The van der Waals surface area contributed by atoms with Crippen LogP contribution in [-0.2, 0) is 4.79 Å². The van der Waals surface area contributed by atoms with Gasteiger partial charge in [0, 0.05) is 12.6 Å². The number of rotatable bonds is 4. The molecule has 6 nitrogen and oxygen atoms in total. The molecular formula is C19H16N2O4S. The molecule has 7 heteroatoms. The Balaban J connectivity index is 1.96. The molecule has 26 heavy (non-hydrogen) atoms. The van der Waals surface area contributed by atoms with Crippen LogP contribution < -0.4 is 0 Å². The molecule has 2 aromatic rings. The molecule has 0 saturated carbocycles. The lowest BCUT2D eigenvalue weighted by molar-refractivity contribution is -0.121. The molecule has 0 aliphatic carbocycles. The van der Waals surface area contributed by atoms with Gasteiger partial charge in [-0.05, 0) is 47.7 Å². The van der Waals surface area contributed by atoms with Crippen LogP contribution in [0.1, 0.15) is 5.56 Å². The van der Waals surface area contributed by atoms with Crippen molar-refractivity contribution in [2.75, 3.05) is 6.54 Å². The molecule has 1 heterocycles. The molecule has 0 spiro atoms. The number of amides is 1. The van der Waals surface area contributed by atoms with Gasteiger partial charge in [-0.1, -0.05) is 18.2 Å². The van der Waals surface area contributed by atoms with E-state index in [9.17, 15) is 20.1 Å². The van der Waals surface area contributed by atoms with Crippen molar-refractivity contribution in [2.24, 2.45) is 4.99 Å². The predicted octanol–water partition coefficient (Wildman–Crippen LogP) is 3.59. The van der Waals surface area contributed by atoms with Crippen LogP contribution in [0.4, 0.5) is 5.69 Å². The molecule has 1 amide bonds. The molecule has 1 aliphatic rings. The molecule has 0 atom stereocenters. The fraction of sp³-hybridized carbons (Fsp3) is 0.0526. The predicted molar refractivity (Wildman–Crippen MR) is 102 cm³/mol. The zero-order valence-corrected chi connectivity index (χ0v) is 14.5. The minimum Gasteiger partial charge on any atom is -0.508 e. The van der Waals surface area contributed by atoms with E-state index in [1.54, 1.807) is 36.4 Å². The summed E-state index contributed by atoms with van der Waals surface area (Å²) in [5.74, 6) is -0.628. The molecule has 3 N–H and O–H groups in total. The van der Waals surface area contributed by atoms with Crippen molar-refractivity contribution in [3.8, 4) is 17.2 Å². The van der Waals surface area contributed by atoms with Gasteiger partial charge in [-0.3, -0.25) is 9.69 Å². The number of aromatic hydroxyl groups is 3. The van der Waals surface area contributed by atoms with Gasteiger partial charge < -0.3 is 15.3 Å². The lowest BCUT2D eigenvalue weighted by Gasteiger charge is -2.12. The average molecular weight is 368 g/mol. The Kier molecular flexibility index (Phi) is 4.99. The van der Waals surface area contributed by atoms with Crippen LogP contribution >= 0.6 is 11.8 Å². The van der Waals surface area contributed by atoms with Gasteiger partial charge in [0.15, 0.2) is 16.7 Å². The Labute approximate surface area is 154 Å². The number of benzene rings is 2. The monoisotopic (exact) mass is 368 g/mol. The van der Waals surface area contributed by atoms with Gasteiger partial charge >= 0.3 is 0 Å². The van der Waals surface area contributed by atoms with E-state index < -0.39 is 0 Å². The summed E-state index contributed by atoms with van der Waals surface area (Å²) < 4.78 is 0. The van der Waals surface area contributed by atoms with Crippen molar-refractivity contribution in [3.63, 3.8) is 0 Å². The zero-order chi connectivity index (χ0) is 18.7. The van der Waals surface area contributed by atoms with E-state index in [1.807, 2.05) is 0 Å². The summed E-state index contributed by atoms with van der Waals surface area (Å²) in [5, 5.41) is 29.0. The van der Waals surface area contributed by atoms with Crippen LogP contribution in [0.3, 0.4) is 0 Å². The van der Waals surface area contributed by atoms with Crippen molar-refractivity contribution in [1.29, 1.82) is 0 Å². The summed E-state index contributed by atoms with van der Waals surface area (Å²) in [5.41, 5.74) is 1.10. The molecule has 1 aliphatic heterocycles. The fourth-order valence-electron chi connectivity index (χ4n) is 2.34. The standard InChI is InChI=1S/C19H16N2O4S/c1-2-8-21-18(25)17(10-12-6-7-15(23)16(24)9-12)26-19(21)20-13-4-3-5-14(22)11-13/h2-7,9-11,22-24H,1,8H2/b17-10-,20-19?. The lowest BCUT2D eigenvalue weighted by Crippen LogP contribution is -2.29. The molecule has 0 aromatic heterocycles. The largest absolute Gasteiger partial charge is 0.508 e. The van der Waals surface area contributed by atoms with Gasteiger partial charge in [-0.2, -0.15) is 0 Å². The van der Waals surface area contributed by atoms with E-state index in [0.717, 1.165) is 0 Å². The minimum atomic E-state index is -0.258. The number of thioether (sulfide) groups is 1. The molecule has 0 radical (unpaired) electrons. The highest BCUT2D eigenvalue weighted by Crippen LogP contribution is 2.35. The summed E-state index contributed by atoms with van der Waals surface area (Å²) in [6.07, 6.45) is 3.22. The average Bonchev–Trinajstić information content (AvgIpc) is 2.87. The quantitative estimate of drug-likeness (QED) is 0.436. The number of nitrogens with zero attached hydrogens (tertiary/aromatic N) is 2. The van der Waals surface area contributed by atoms with Crippen molar-refractivity contribution in [3.05, 3.63) is 65.6 Å². The number of hydrogen-bond donors (Lipinski definition) is 3. The van der Waals surface area contributed by atoms with Crippen LogP contribution in [0.5, 0.6) is 17.2 Å². The maximum Gasteiger partial charge on any atom is 0.267 e. The summed E-state index contributed by atoms with van der Waals surface area (Å²) in [6, 6.07) is 10.8. The van der Waals surface area contributed by atoms with Crippen molar-refractivity contribution in [2.45, 2.75) is 0 Å². The third-order valence-electron chi connectivity index (χ3n) is 3.55. The Morgan fingerprint density at radius 3 is 2.62 bits per heavy atom. The second-order valence-corrected chi connectivity index (χ2v) is 6.49. The van der Waals surface area contributed by atoms with Crippen molar-refractivity contribution in [1.82, 2.24) is 4.90 Å². The molecule has 0 bridgehead atoms. The summed E-state index contributed by atoms with van der Waals surface area (Å²) >= 11 is 1.19. The topological polar surface area (TPSA) is 93.4 Å². The Morgan fingerprint density at radius 1 is 1.12 bits per heavy atom. The number of carbonyl (C=O) groups excluding carboxylic acids is 1. The van der Waals surface area contributed by atoms with Crippen molar-refractivity contribution < 1.29 is 20.1 Å². The first kappa shape index (κ1) is 17.6. The second-order valence-electron chi connectivity index (χ2n) is 5.48. The number of phenolic OH excluding ortho intramolecular Hbond substituents is 3. The third kappa shape index (κ3) is 3.73. The molecule has 1 fully saturated rings. The van der Waals surface area contributed by atoms with Gasteiger partial charge in [0.1, 0.15) is 5.75 Å². The summed E-state index contributed by atoms with van der Waals surface area (Å²) in [7, 11) is 0. The van der Waals surface area contributed by atoms with Crippen LogP contribution in [0.15, 0.2) is 65.0 Å². The van der Waals surface area contributed by atoms with Crippen molar-refractivity contribution >= 4 is 34.6 Å². The summed E-state index contributed by atoms with van der Waals surface area (Å²) in [6.45, 7) is 3.96. The summed E-state index contributed by atoms with van der Waals surface area (Å²) in [4.78, 5) is 19.0. The lowest BCUT2D eigenvalue weighted by atomic mass is 10.2. The van der Waals surface area contributed by atoms with Crippen LogP contribution in [0.25, 0.3) is 6.08 Å². The van der Waals surface area contributed by atoms with E-state index in [1.165, 1.54) is 34.9 Å². The maximum atomic E-state index is 12.7. The van der Waals surface area contributed by atoms with Crippen LogP contribution in [-0.4, -0.2) is 37.8 Å². The first-order chi connectivity index (χ1) is 12.5. The Bertz CT molecular complexity index is 937. The van der Waals surface area contributed by atoms with Gasteiger partial charge in [0.25, 0.3) is 5.91 Å². The minimum absolute atomic E-state index is 0.0896. The van der Waals surface area contributed by atoms with Crippen LogP contribution in [0.2, 0.25) is 0 Å². The zero-order valence-electron chi connectivity index (χ0n) is 13.7.